The first kappa shape index (κ1) is 7.24. The maximum Gasteiger partial charge on any atom is 0.0645 e. The lowest BCUT2D eigenvalue weighted by Crippen LogP contribution is -2.20. The van der Waals surface area contributed by atoms with Crippen LogP contribution in [-0.2, 0) is 0 Å². The SMILES string of the molecule is C=C/C=C\NCNC. The topological polar surface area (TPSA) is 24.1 Å². The van der Waals surface area contributed by atoms with E-state index in [1.165, 1.54) is 0 Å². The summed E-state index contributed by atoms with van der Waals surface area (Å²) in [6, 6.07) is 0. The number of hydrogen-bond donors (Lipinski definition) is 2. The highest BCUT2D eigenvalue weighted by Crippen LogP contribution is 1.64. The monoisotopic (exact) mass is 112 g/mol. The van der Waals surface area contributed by atoms with Gasteiger partial charge in [-0.25, -0.2) is 0 Å². The van der Waals surface area contributed by atoms with E-state index in [-0.39, 0.29) is 0 Å². The van der Waals surface area contributed by atoms with Crippen molar-refractivity contribution >= 4 is 0 Å². The van der Waals surface area contributed by atoms with E-state index in [9.17, 15) is 0 Å². The Morgan fingerprint density at radius 1 is 1.62 bits per heavy atom. The first-order valence-electron chi connectivity index (χ1n) is 2.57. The fourth-order valence-corrected chi connectivity index (χ4v) is 0.297. The molecule has 2 nitrogen and oxygen atoms in total. The molecule has 0 rings (SSSR count). The van der Waals surface area contributed by atoms with E-state index in [0.717, 1.165) is 6.67 Å². The predicted octanol–water partition coefficient (Wildman–Crippen LogP) is 0.453. The molecule has 46 valence electrons. The van der Waals surface area contributed by atoms with Crippen LogP contribution in [0.15, 0.2) is 24.9 Å². The highest BCUT2D eigenvalue weighted by atomic mass is 15.0. The lowest BCUT2D eigenvalue weighted by Gasteiger charge is -1.94. The molecule has 0 bridgehead atoms. The van der Waals surface area contributed by atoms with Gasteiger partial charge in [-0.3, -0.25) is 0 Å². The van der Waals surface area contributed by atoms with Crippen molar-refractivity contribution < 1.29 is 0 Å². The molecule has 0 fully saturated rings. The summed E-state index contributed by atoms with van der Waals surface area (Å²) >= 11 is 0. The minimum Gasteiger partial charge on any atom is -0.378 e. The van der Waals surface area contributed by atoms with Crippen LogP contribution in [0.2, 0.25) is 0 Å². The third kappa shape index (κ3) is 5.24. The van der Waals surface area contributed by atoms with Crippen LogP contribution in [0.3, 0.4) is 0 Å². The summed E-state index contributed by atoms with van der Waals surface area (Å²) in [6.45, 7) is 4.31. The number of allylic oxidation sites excluding steroid dienone is 2. The summed E-state index contributed by atoms with van der Waals surface area (Å²) in [5, 5.41) is 5.90. The van der Waals surface area contributed by atoms with Crippen molar-refractivity contribution in [2.24, 2.45) is 0 Å². The summed E-state index contributed by atoms with van der Waals surface area (Å²) in [5.74, 6) is 0. The summed E-state index contributed by atoms with van der Waals surface area (Å²) in [5.41, 5.74) is 0. The minimum atomic E-state index is 0.796. The highest BCUT2D eigenvalue weighted by molar-refractivity contribution is 4.95. The minimum absolute atomic E-state index is 0.796. The molecule has 0 atom stereocenters. The van der Waals surface area contributed by atoms with Crippen LogP contribution < -0.4 is 10.6 Å². The van der Waals surface area contributed by atoms with Crippen LogP contribution in [0.5, 0.6) is 0 Å². The van der Waals surface area contributed by atoms with Crippen LogP contribution in [0, 0.1) is 0 Å². The van der Waals surface area contributed by atoms with Crippen LogP contribution in [0.25, 0.3) is 0 Å². The number of hydrogen-bond acceptors (Lipinski definition) is 2. The fourth-order valence-electron chi connectivity index (χ4n) is 0.297. The van der Waals surface area contributed by atoms with Crippen molar-refractivity contribution in [3.8, 4) is 0 Å². The second-order valence-corrected chi connectivity index (χ2v) is 1.33. The first-order valence-corrected chi connectivity index (χ1v) is 2.57. The number of nitrogens with one attached hydrogen (secondary N) is 2. The van der Waals surface area contributed by atoms with E-state index in [1.807, 2.05) is 19.3 Å². The van der Waals surface area contributed by atoms with Gasteiger partial charge in [0.25, 0.3) is 0 Å². The Balaban J connectivity index is 2.91. The molecule has 0 aromatic carbocycles. The van der Waals surface area contributed by atoms with Crippen molar-refractivity contribution in [3.05, 3.63) is 24.9 Å². The molecule has 0 saturated carbocycles. The zero-order chi connectivity index (χ0) is 6.24. The van der Waals surface area contributed by atoms with Gasteiger partial charge in [-0.2, -0.15) is 0 Å². The molecule has 0 aromatic heterocycles. The van der Waals surface area contributed by atoms with Gasteiger partial charge >= 0.3 is 0 Å². The zero-order valence-corrected chi connectivity index (χ0v) is 5.15. The van der Waals surface area contributed by atoms with Crippen LogP contribution in [-0.4, -0.2) is 13.7 Å². The van der Waals surface area contributed by atoms with Gasteiger partial charge in [0, 0.05) is 0 Å². The van der Waals surface area contributed by atoms with Crippen molar-refractivity contribution in [3.63, 3.8) is 0 Å². The standard InChI is InChI=1S/C6H12N2/c1-3-4-5-8-6-7-2/h3-5,7-8H,1,6H2,2H3/b5-4-. The summed E-state index contributed by atoms with van der Waals surface area (Å²) < 4.78 is 0. The second kappa shape index (κ2) is 6.24. The Kier molecular flexibility index (Phi) is 5.65. The predicted molar refractivity (Wildman–Crippen MR) is 36.4 cm³/mol. The van der Waals surface area contributed by atoms with Crippen molar-refractivity contribution in [2.45, 2.75) is 0 Å². The molecule has 0 aliphatic carbocycles. The Morgan fingerprint density at radius 3 is 2.88 bits per heavy atom. The quantitative estimate of drug-likeness (QED) is 0.313. The van der Waals surface area contributed by atoms with Gasteiger partial charge in [0.15, 0.2) is 0 Å². The zero-order valence-electron chi connectivity index (χ0n) is 5.15. The van der Waals surface area contributed by atoms with Crippen molar-refractivity contribution in [1.29, 1.82) is 0 Å². The molecule has 0 amide bonds. The normalized spacial score (nSPS) is 9.62. The van der Waals surface area contributed by atoms with E-state index in [2.05, 4.69) is 17.2 Å². The van der Waals surface area contributed by atoms with Gasteiger partial charge in [-0.1, -0.05) is 12.7 Å². The molecule has 0 aliphatic rings. The molecule has 2 heteroatoms. The molecule has 0 aliphatic heterocycles. The molecule has 0 aromatic rings. The van der Waals surface area contributed by atoms with Crippen LogP contribution in [0.1, 0.15) is 0 Å². The van der Waals surface area contributed by atoms with Crippen molar-refractivity contribution in [2.75, 3.05) is 13.7 Å². The maximum absolute atomic E-state index is 3.51. The van der Waals surface area contributed by atoms with Crippen LogP contribution >= 0.6 is 0 Å². The van der Waals surface area contributed by atoms with Crippen LogP contribution in [0.4, 0.5) is 0 Å². The molecule has 2 N–H and O–H groups in total. The molecule has 0 unspecified atom stereocenters. The largest absolute Gasteiger partial charge is 0.378 e. The highest BCUT2D eigenvalue weighted by Gasteiger charge is 1.66. The maximum atomic E-state index is 3.51. The van der Waals surface area contributed by atoms with E-state index in [4.69, 9.17) is 0 Å². The van der Waals surface area contributed by atoms with E-state index < -0.39 is 0 Å². The lowest BCUT2D eigenvalue weighted by atomic mass is 10.6. The van der Waals surface area contributed by atoms with Gasteiger partial charge in [0.2, 0.25) is 0 Å². The van der Waals surface area contributed by atoms with Crippen molar-refractivity contribution in [1.82, 2.24) is 10.6 Å². The molecular weight excluding hydrogens is 100 g/mol. The van der Waals surface area contributed by atoms with E-state index in [0.29, 0.717) is 0 Å². The summed E-state index contributed by atoms with van der Waals surface area (Å²) in [7, 11) is 1.88. The third-order valence-corrected chi connectivity index (χ3v) is 0.629. The molecule has 0 saturated heterocycles. The van der Waals surface area contributed by atoms with Gasteiger partial charge in [0.1, 0.15) is 0 Å². The fraction of sp³-hybridized carbons (Fsp3) is 0.333. The van der Waals surface area contributed by atoms with Gasteiger partial charge in [-0.05, 0) is 19.3 Å². The molecule has 0 spiro atoms. The summed E-state index contributed by atoms with van der Waals surface area (Å²) in [4.78, 5) is 0. The second-order valence-electron chi connectivity index (χ2n) is 1.33. The van der Waals surface area contributed by atoms with Gasteiger partial charge < -0.3 is 10.6 Å². The van der Waals surface area contributed by atoms with E-state index in [1.54, 1.807) is 6.08 Å². The molecule has 0 heterocycles. The molecule has 0 radical (unpaired) electrons. The summed E-state index contributed by atoms with van der Waals surface area (Å²) in [6.07, 6.45) is 5.41. The third-order valence-electron chi connectivity index (χ3n) is 0.629. The Morgan fingerprint density at radius 2 is 2.38 bits per heavy atom. The lowest BCUT2D eigenvalue weighted by molar-refractivity contribution is 0.737. The smallest absolute Gasteiger partial charge is 0.0645 e. The Bertz CT molecular complexity index is 76.6. The molecular formula is C6H12N2. The average Bonchev–Trinajstić information content (AvgIpc) is 1.81. The first-order chi connectivity index (χ1) is 3.91. The van der Waals surface area contributed by atoms with E-state index >= 15 is 0 Å². The number of rotatable bonds is 4. The average molecular weight is 112 g/mol. The van der Waals surface area contributed by atoms with Gasteiger partial charge in [0.05, 0.1) is 6.67 Å². The Labute approximate surface area is 50.3 Å². The molecule has 8 heavy (non-hydrogen) atoms. The Hall–Kier alpha value is -0.760. The van der Waals surface area contributed by atoms with Gasteiger partial charge in [-0.15, -0.1) is 0 Å².